The Morgan fingerprint density at radius 2 is 1.90 bits per heavy atom. The number of amides is 1. The fourth-order valence-electron chi connectivity index (χ4n) is 2.35. The molecule has 1 atom stereocenters. The molecule has 1 unspecified atom stereocenters. The van der Waals surface area contributed by atoms with Crippen molar-refractivity contribution in [1.82, 2.24) is 20.2 Å². The highest BCUT2D eigenvalue weighted by Gasteiger charge is 2.30. The summed E-state index contributed by atoms with van der Waals surface area (Å²) in [4.78, 5) is 24.5. The summed E-state index contributed by atoms with van der Waals surface area (Å²) >= 11 is 0. The van der Waals surface area contributed by atoms with Gasteiger partial charge in [-0.2, -0.15) is 13.2 Å². The van der Waals surface area contributed by atoms with Crippen molar-refractivity contribution in [2.45, 2.75) is 19.2 Å². The fourth-order valence-corrected chi connectivity index (χ4v) is 2.35. The number of nitrogens with one attached hydrogen (secondary N) is 1. The van der Waals surface area contributed by atoms with Gasteiger partial charge >= 0.3 is 12.1 Å². The number of halogens is 3. The van der Waals surface area contributed by atoms with E-state index in [2.05, 4.69) is 20.8 Å². The van der Waals surface area contributed by atoms with Crippen LogP contribution in [0.25, 0.3) is 5.69 Å². The van der Waals surface area contributed by atoms with Crippen LogP contribution < -0.4 is 5.32 Å². The van der Waals surface area contributed by atoms with Gasteiger partial charge in [-0.1, -0.05) is 12.1 Å². The second-order valence-electron chi connectivity index (χ2n) is 5.92. The quantitative estimate of drug-likeness (QED) is 0.656. The van der Waals surface area contributed by atoms with Gasteiger partial charge in [0.1, 0.15) is 6.33 Å². The molecule has 3 rings (SSSR count). The molecule has 0 bridgehead atoms. The Hall–Kier alpha value is -3.76. The van der Waals surface area contributed by atoms with E-state index in [4.69, 9.17) is 4.74 Å². The molecule has 150 valence electrons. The van der Waals surface area contributed by atoms with E-state index in [1.54, 1.807) is 12.1 Å². The van der Waals surface area contributed by atoms with E-state index in [1.165, 1.54) is 42.2 Å². The van der Waals surface area contributed by atoms with Gasteiger partial charge in [0.15, 0.2) is 6.10 Å². The molecule has 1 amide bonds. The molecule has 29 heavy (non-hydrogen) atoms. The summed E-state index contributed by atoms with van der Waals surface area (Å²) in [6.07, 6.45) is -4.44. The Kier molecular flexibility index (Phi) is 5.57. The number of tetrazole rings is 1. The zero-order chi connectivity index (χ0) is 21.0. The average molecular weight is 405 g/mol. The summed E-state index contributed by atoms with van der Waals surface area (Å²) in [6, 6.07) is 10.3. The monoisotopic (exact) mass is 405 g/mol. The van der Waals surface area contributed by atoms with Crippen LogP contribution in [0.15, 0.2) is 54.9 Å². The molecule has 0 saturated carbocycles. The molecule has 0 saturated heterocycles. The van der Waals surface area contributed by atoms with Crippen molar-refractivity contribution in [3.05, 3.63) is 66.0 Å². The van der Waals surface area contributed by atoms with E-state index in [0.29, 0.717) is 5.69 Å². The van der Waals surface area contributed by atoms with E-state index in [-0.39, 0.29) is 11.3 Å². The summed E-state index contributed by atoms with van der Waals surface area (Å²) in [7, 11) is 0. The number of nitrogens with zero attached hydrogens (tertiary/aromatic N) is 4. The molecular weight excluding hydrogens is 391 g/mol. The maximum Gasteiger partial charge on any atom is 0.416 e. The number of carbonyl (C=O) groups is 2. The van der Waals surface area contributed by atoms with Crippen LogP contribution in [0.1, 0.15) is 22.8 Å². The van der Waals surface area contributed by atoms with E-state index >= 15 is 0 Å². The van der Waals surface area contributed by atoms with Crippen molar-refractivity contribution in [3.8, 4) is 5.69 Å². The van der Waals surface area contributed by atoms with Crippen LogP contribution in [0.5, 0.6) is 0 Å². The van der Waals surface area contributed by atoms with Crippen molar-refractivity contribution in [2.75, 3.05) is 5.32 Å². The van der Waals surface area contributed by atoms with Crippen LogP contribution in [-0.2, 0) is 15.7 Å². The molecule has 1 heterocycles. The number of alkyl halides is 3. The number of ether oxygens (including phenoxy) is 1. The van der Waals surface area contributed by atoms with Gasteiger partial charge < -0.3 is 10.1 Å². The predicted molar refractivity (Wildman–Crippen MR) is 94.1 cm³/mol. The lowest BCUT2D eigenvalue weighted by molar-refractivity contribution is -0.137. The summed E-state index contributed by atoms with van der Waals surface area (Å²) in [5, 5.41) is 13.0. The van der Waals surface area contributed by atoms with Gasteiger partial charge in [-0.3, -0.25) is 4.79 Å². The van der Waals surface area contributed by atoms with Crippen molar-refractivity contribution < 1.29 is 27.5 Å². The number of rotatable bonds is 5. The minimum Gasteiger partial charge on any atom is -0.449 e. The van der Waals surface area contributed by atoms with Gasteiger partial charge in [0.05, 0.1) is 16.8 Å². The maximum atomic E-state index is 12.8. The topological polar surface area (TPSA) is 99.0 Å². The first-order valence-corrected chi connectivity index (χ1v) is 8.26. The molecule has 11 heteroatoms. The third kappa shape index (κ3) is 4.94. The zero-order valence-corrected chi connectivity index (χ0v) is 14.9. The second-order valence-corrected chi connectivity index (χ2v) is 5.92. The average Bonchev–Trinajstić information content (AvgIpc) is 3.22. The highest BCUT2D eigenvalue weighted by Crippen LogP contribution is 2.30. The van der Waals surface area contributed by atoms with Gasteiger partial charge in [-0.25, -0.2) is 9.48 Å². The number of anilines is 1. The molecule has 0 fully saturated rings. The number of benzene rings is 2. The van der Waals surface area contributed by atoms with Gasteiger partial charge in [0.2, 0.25) is 0 Å². The minimum atomic E-state index is -4.54. The zero-order valence-electron chi connectivity index (χ0n) is 14.9. The Labute approximate surface area is 162 Å². The number of hydrogen-bond donors (Lipinski definition) is 1. The highest BCUT2D eigenvalue weighted by atomic mass is 19.4. The van der Waals surface area contributed by atoms with Crippen molar-refractivity contribution in [3.63, 3.8) is 0 Å². The number of esters is 1. The van der Waals surface area contributed by atoms with Gasteiger partial charge in [0.25, 0.3) is 5.91 Å². The molecule has 0 aliphatic rings. The third-order valence-electron chi connectivity index (χ3n) is 3.81. The molecule has 0 spiro atoms. The number of carbonyl (C=O) groups excluding carboxylic acids is 2. The second kappa shape index (κ2) is 8.09. The summed E-state index contributed by atoms with van der Waals surface area (Å²) in [6.45, 7) is 1.31. The fraction of sp³-hybridized carbons (Fsp3) is 0.167. The predicted octanol–water partition coefficient (Wildman–Crippen LogP) is 2.87. The van der Waals surface area contributed by atoms with Crippen LogP contribution in [0.4, 0.5) is 18.9 Å². The van der Waals surface area contributed by atoms with Gasteiger partial charge in [0, 0.05) is 5.69 Å². The van der Waals surface area contributed by atoms with Crippen molar-refractivity contribution in [1.29, 1.82) is 0 Å². The highest BCUT2D eigenvalue weighted by molar-refractivity contribution is 5.97. The minimum absolute atomic E-state index is 0.0617. The molecule has 0 radical (unpaired) electrons. The summed E-state index contributed by atoms with van der Waals surface area (Å²) < 4.78 is 44.7. The first kappa shape index (κ1) is 20.0. The standard InChI is InChI=1S/C18H14F3N5O3/c1-11(16(27)23-14-6-3-5-13(9-14)18(19,20)21)29-17(28)12-4-2-7-15(8-12)26-10-22-24-25-26/h2-11H,1H3,(H,23,27). The largest absolute Gasteiger partial charge is 0.449 e. The molecular formula is C18H14F3N5O3. The normalized spacial score (nSPS) is 12.3. The molecule has 8 nitrogen and oxygen atoms in total. The third-order valence-corrected chi connectivity index (χ3v) is 3.81. The van der Waals surface area contributed by atoms with Gasteiger partial charge in [-0.15, -0.1) is 5.10 Å². The SMILES string of the molecule is CC(OC(=O)c1cccc(-n2cnnn2)c1)C(=O)Nc1cccc(C(F)(F)F)c1. The molecule has 0 aliphatic carbocycles. The first-order chi connectivity index (χ1) is 13.7. The number of hydrogen-bond acceptors (Lipinski definition) is 6. The van der Waals surface area contributed by atoms with Crippen LogP contribution in [0.2, 0.25) is 0 Å². The molecule has 0 aliphatic heterocycles. The Bertz CT molecular complexity index is 1020. The smallest absolute Gasteiger partial charge is 0.416 e. The van der Waals surface area contributed by atoms with E-state index in [0.717, 1.165) is 12.1 Å². The van der Waals surface area contributed by atoms with E-state index < -0.39 is 29.7 Å². The Morgan fingerprint density at radius 1 is 1.14 bits per heavy atom. The van der Waals surface area contributed by atoms with Crippen LogP contribution in [0.3, 0.4) is 0 Å². The molecule has 3 aromatic rings. The summed E-state index contributed by atoms with van der Waals surface area (Å²) in [5.41, 5.74) is -0.310. The van der Waals surface area contributed by atoms with E-state index in [9.17, 15) is 22.8 Å². The molecule has 1 N–H and O–H groups in total. The van der Waals surface area contributed by atoms with Gasteiger partial charge in [-0.05, 0) is 53.7 Å². The first-order valence-electron chi connectivity index (χ1n) is 8.26. The molecule has 2 aromatic carbocycles. The lowest BCUT2D eigenvalue weighted by Gasteiger charge is -2.15. The lowest BCUT2D eigenvalue weighted by Crippen LogP contribution is -2.30. The Balaban J connectivity index is 1.65. The van der Waals surface area contributed by atoms with Crippen LogP contribution in [0, 0.1) is 0 Å². The van der Waals surface area contributed by atoms with Crippen LogP contribution in [-0.4, -0.2) is 38.2 Å². The maximum absolute atomic E-state index is 12.8. The van der Waals surface area contributed by atoms with Crippen molar-refractivity contribution >= 4 is 17.6 Å². The van der Waals surface area contributed by atoms with E-state index in [1.807, 2.05) is 0 Å². The van der Waals surface area contributed by atoms with Crippen molar-refractivity contribution in [2.24, 2.45) is 0 Å². The summed E-state index contributed by atoms with van der Waals surface area (Å²) in [5.74, 6) is -1.55. The lowest BCUT2D eigenvalue weighted by atomic mass is 10.2. The van der Waals surface area contributed by atoms with Crippen LogP contribution >= 0.6 is 0 Å². The Morgan fingerprint density at radius 3 is 2.59 bits per heavy atom. The molecule has 1 aromatic heterocycles. The number of aromatic nitrogens is 4.